The summed E-state index contributed by atoms with van der Waals surface area (Å²) in [4.78, 5) is 16.2. The van der Waals surface area contributed by atoms with Crippen LogP contribution in [0, 0.1) is 0 Å². The van der Waals surface area contributed by atoms with E-state index in [1.807, 2.05) is 34.1 Å². The van der Waals surface area contributed by atoms with Crippen LogP contribution in [0.25, 0.3) is 0 Å². The van der Waals surface area contributed by atoms with Gasteiger partial charge in [-0.3, -0.25) is 9.48 Å². The molecule has 4 rings (SSSR count). The number of fused-ring (bicyclic) bond motifs is 1. The molecule has 5 heteroatoms. The monoisotopic (exact) mass is 313 g/mol. The highest BCUT2D eigenvalue weighted by Crippen LogP contribution is 2.38. The summed E-state index contributed by atoms with van der Waals surface area (Å²) >= 11 is 1.72. The van der Waals surface area contributed by atoms with E-state index in [-0.39, 0.29) is 11.2 Å². The number of carbonyl (C=O) groups excluding carboxylic acids is 1. The van der Waals surface area contributed by atoms with Crippen LogP contribution in [0.1, 0.15) is 24.4 Å². The highest BCUT2D eigenvalue weighted by molar-refractivity contribution is 8.01. The molecule has 2 aliphatic rings. The minimum Gasteiger partial charge on any atom is -0.340 e. The fourth-order valence-corrected chi connectivity index (χ4v) is 4.67. The van der Waals surface area contributed by atoms with Gasteiger partial charge in [-0.1, -0.05) is 18.2 Å². The van der Waals surface area contributed by atoms with Crippen LogP contribution in [0.2, 0.25) is 0 Å². The van der Waals surface area contributed by atoms with Crippen LogP contribution >= 0.6 is 11.8 Å². The first-order chi connectivity index (χ1) is 10.8. The molecule has 0 saturated carbocycles. The van der Waals surface area contributed by atoms with Crippen LogP contribution in [0.5, 0.6) is 0 Å². The maximum Gasteiger partial charge on any atom is 0.236 e. The van der Waals surface area contributed by atoms with Crippen LogP contribution in [-0.4, -0.2) is 38.9 Å². The molecule has 0 bridgehead atoms. The molecule has 1 fully saturated rings. The van der Waals surface area contributed by atoms with Gasteiger partial charge in [-0.15, -0.1) is 11.8 Å². The number of rotatable bonds is 2. The van der Waals surface area contributed by atoms with Crippen LogP contribution in [0.15, 0.2) is 47.6 Å². The lowest BCUT2D eigenvalue weighted by Gasteiger charge is -2.34. The molecule has 0 spiro atoms. The zero-order chi connectivity index (χ0) is 14.9. The number of hydrogen-bond donors (Lipinski definition) is 0. The number of benzene rings is 1. The van der Waals surface area contributed by atoms with Gasteiger partial charge in [-0.2, -0.15) is 5.10 Å². The predicted octanol–water partition coefficient (Wildman–Crippen LogP) is 2.76. The van der Waals surface area contributed by atoms with E-state index in [0.29, 0.717) is 6.04 Å². The number of thioether (sulfide) groups is 1. The molecule has 114 valence electrons. The first-order valence-electron chi connectivity index (χ1n) is 7.84. The van der Waals surface area contributed by atoms with Crippen LogP contribution in [-0.2, 0) is 11.2 Å². The summed E-state index contributed by atoms with van der Waals surface area (Å²) in [6.45, 7) is 1.66. The van der Waals surface area contributed by atoms with Crippen LogP contribution < -0.4 is 0 Å². The van der Waals surface area contributed by atoms with E-state index in [9.17, 15) is 4.79 Å². The summed E-state index contributed by atoms with van der Waals surface area (Å²) in [5.74, 6) is 0.290. The van der Waals surface area contributed by atoms with Crippen molar-refractivity contribution < 1.29 is 4.79 Å². The predicted molar refractivity (Wildman–Crippen MR) is 86.9 cm³/mol. The molecule has 1 aromatic carbocycles. The van der Waals surface area contributed by atoms with Gasteiger partial charge in [-0.05, 0) is 37.0 Å². The van der Waals surface area contributed by atoms with E-state index < -0.39 is 0 Å². The molecule has 22 heavy (non-hydrogen) atoms. The Balaban J connectivity index is 1.45. The van der Waals surface area contributed by atoms with Gasteiger partial charge in [0.1, 0.15) is 0 Å². The average Bonchev–Trinajstić information content (AvgIpc) is 3.23. The van der Waals surface area contributed by atoms with E-state index in [1.165, 1.54) is 10.5 Å². The Bertz CT molecular complexity index is 645. The Morgan fingerprint density at radius 3 is 3.00 bits per heavy atom. The molecule has 2 aliphatic heterocycles. The minimum absolute atomic E-state index is 0.0498. The third-order valence-electron chi connectivity index (χ3n) is 4.53. The largest absolute Gasteiger partial charge is 0.340 e. The first kappa shape index (κ1) is 13.9. The molecule has 0 unspecified atom stereocenters. The first-order valence-corrected chi connectivity index (χ1v) is 8.72. The highest BCUT2D eigenvalue weighted by Gasteiger charge is 2.33. The van der Waals surface area contributed by atoms with Crippen molar-refractivity contribution in [1.82, 2.24) is 14.7 Å². The summed E-state index contributed by atoms with van der Waals surface area (Å²) in [5.41, 5.74) is 1.31. The summed E-state index contributed by atoms with van der Waals surface area (Å²) in [6, 6.07) is 10.6. The second kappa shape index (κ2) is 5.80. The number of piperidine rings is 1. The molecule has 1 saturated heterocycles. The van der Waals surface area contributed by atoms with Gasteiger partial charge < -0.3 is 4.90 Å². The number of aromatic nitrogens is 2. The van der Waals surface area contributed by atoms with Crippen LogP contribution in [0.3, 0.4) is 0 Å². The Hall–Kier alpha value is -1.75. The highest BCUT2D eigenvalue weighted by atomic mass is 32.2. The fraction of sp³-hybridized carbons (Fsp3) is 0.412. The van der Waals surface area contributed by atoms with Gasteiger partial charge in [0.15, 0.2) is 0 Å². The van der Waals surface area contributed by atoms with E-state index >= 15 is 0 Å². The van der Waals surface area contributed by atoms with Gasteiger partial charge in [0.2, 0.25) is 5.91 Å². The van der Waals surface area contributed by atoms with Crippen molar-refractivity contribution in [3.63, 3.8) is 0 Å². The van der Waals surface area contributed by atoms with Gasteiger partial charge in [0.25, 0.3) is 0 Å². The normalized spacial score (nSPS) is 24.3. The van der Waals surface area contributed by atoms with Crippen LogP contribution in [0.4, 0.5) is 0 Å². The second-order valence-corrected chi connectivity index (χ2v) is 7.23. The van der Waals surface area contributed by atoms with Crippen molar-refractivity contribution >= 4 is 17.7 Å². The number of hydrogen-bond acceptors (Lipinski definition) is 3. The topological polar surface area (TPSA) is 38.1 Å². The Morgan fingerprint density at radius 1 is 1.27 bits per heavy atom. The van der Waals surface area contributed by atoms with Gasteiger partial charge in [0.05, 0.1) is 11.3 Å². The lowest BCUT2D eigenvalue weighted by Crippen LogP contribution is -2.44. The molecule has 2 aromatic rings. The summed E-state index contributed by atoms with van der Waals surface area (Å²) in [6.07, 6.45) is 6.83. The molecular formula is C17H19N3OS. The maximum atomic E-state index is 12.9. The number of carbonyl (C=O) groups is 1. The molecule has 1 amide bonds. The molecule has 4 nitrogen and oxygen atoms in total. The van der Waals surface area contributed by atoms with E-state index in [2.05, 4.69) is 23.3 Å². The smallest absolute Gasteiger partial charge is 0.236 e. The zero-order valence-electron chi connectivity index (χ0n) is 12.4. The second-order valence-electron chi connectivity index (χ2n) is 5.98. The van der Waals surface area contributed by atoms with Crippen molar-refractivity contribution in [3.8, 4) is 0 Å². The summed E-state index contributed by atoms with van der Waals surface area (Å²) in [5, 5.41) is 4.39. The molecule has 2 atom stereocenters. The Morgan fingerprint density at radius 2 is 2.18 bits per heavy atom. The summed E-state index contributed by atoms with van der Waals surface area (Å²) in [7, 11) is 0. The Kier molecular flexibility index (Phi) is 3.66. The van der Waals surface area contributed by atoms with Gasteiger partial charge in [0, 0.05) is 30.4 Å². The quantitative estimate of drug-likeness (QED) is 0.855. The van der Waals surface area contributed by atoms with Crippen molar-refractivity contribution in [1.29, 1.82) is 0 Å². The SMILES string of the molecule is O=C([C@H]1Cc2ccccc2S1)N1CCC[C@H](n2cccn2)C1. The van der Waals surface area contributed by atoms with E-state index in [1.54, 1.807) is 11.8 Å². The van der Waals surface area contributed by atoms with E-state index in [0.717, 1.165) is 32.4 Å². The van der Waals surface area contributed by atoms with Crippen molar-refractivity contribution in [2.45, 2.75) is 35.4 Å². The fourth-order valence-electron chi connectivity index (χ4n) is 3.39. The molecule has 0 radical (unpaired) electrons. The Labute approximate surface area is 134 Å². The zero-order valence-corrected chi connectivity index (χ0v) is 13.2. The van der Waals surface area contributed by atoms with Gasteiger partial charge >= 0.3 is 0 Å². The number of nitrogens with zero attached hydrogens (tertiary/aromatic N) is 3. The molecule has 0 N–H and O–H groups in total. The molecule has 0 aliphatic carbocycles. The van der Waals surface area contributed by atoms with Crippen molar-refractivity contribution in [3.05, 3.63) is 48.3 Å². The van der Waals surface area contributed by atoms with E-state index in [4.69, 9.17) is 0 Å². The van der Waals surface area contributed by atoms with Gasteiger partial charge in [-0.25, -0.2) is 0 Å². The van der Waals surface area contributed by atoms with Crippen molar-refractivity contribution in [2.24, 2.45) is 0 Å². The molecule has 1 aromatic heterocycles. The average molecular weight is 313 g/mol. The minimum atomic E-state index is 0.0498. The third kappa shape index (κ3) is 2.54. The summed E-state index contributed by atoms with van der Waals surface area (Å²) < 4.78 is 2.00. The number of likely N-dealkylation sites (tertiary alicyclic amines) is 1. The lowest BCUT2D eigenvalue weighted by atomic mass is 10.0. The molecule has 3 heterocycles. The van der Waals surface area contributed by atoms with Crippen molar-refractivity contribution in [2.75, 3.05) is 13.1 Å². The molecular weight excluding hydrogens is 294 g/mol. The maximum absolute atomic E-state index is 12.9. The number of amides is 1. The lowest BCUT2D eigenvalue weighted by molar-refractivity contribution is -0.132. The third-order valence-corrected chi connectivity index (χ3v) is 5.83. The standard InChI is InChI=1S/C17H19N3OS/c21-17(16-11-13-5-1-2-7-15(13)22-16)19-9-3-6-14(12-19)20-10-4-8-18-20/h1-2,4-5,7-8,10,14,16H,3,6,9,11-12H2/t14-,16+/m0/s1.